The highest BCUT2D eigenvalue weighted by Crippen LogP contribution is 2.39. The van der Waals surface area contributed by atoms with E-state index in [1.54, 1.807) is 12.4 Å². The van der Waals surface area contributed by atoms with Crippen molar-refractivity contribution >= 4 is 17.5 Å². The first-order chi connectivity index (χ1) is 16.9. The maximum absolute atomic E-state index is 8.73. The van der Waals surface area contributed by atoms with Gasteiger partial charge in [0, 0.05) is 48.8 Å². The minimum Gasteiger partial charge on any atom is -0.398 e. The highest BCUT2D eigenvalue weighted by molar-refractivity contribution is 6.15. The van der Waals surface area contributed by atoms with Gasteiger partial charge in [-0.2, -0.15) is 0 Å². The Morgan fingerprint density at radius 3 is 2.69 bits per heavy atom. The lowest BCUT2D eigenvalue weighted by Crippen LogP contribution is -2.29. The molecule has 3 heterocycles. The van der Waals surface area contributed by atoms with Gasteiger partial charge >= 0.3 is 0 Å². The number of anilines is 1. The molecule has 0 bridgehead atoms. The van der Waals surface area contributed by atoms with E-state index in [1.165, 1.54) is 38.0 Å². The number of rotatable bonds is 6. The van der Waals surface area contributed by atoms with Gasteiger partial charge in [0.1, 0.15) is 0 Å². The Morgan fingerprint density at radius 2 is 1.91 bits per heavy atom. The van der Waals surface area contributed by atoms with Gasteiger partial charge in [-0.3, -0.25) is 15.3 Å². The van der Waals surface area contributed by atoms with Crippen LogP contribution in [0.25, 0.3) is 17.2 Å². The molecule has 0 amide bonds. The maximum Gasteiger partial charge on any atom is 0.0862 e. The fourth-order valence-electron chi connectivity index (χ4n) is 5.59. The third-order valence-corrected chi connectivity index (χ3v) is 7.43. The first kappa shape index (κ1) is 23.3. The van der Waals surface area contributed by atoms with E-state index < -0.39 is 0 Å². The first-order valence-corrected chi connectivity index (χ1v) is 12.3. The molecular formula is C29H34N6. The Balaban J connectivity index is 1.30. The minimum atomic E-state index is 0.227. The standard InChI is InChI=1S/C29H34N6/c1-34-12-9-29(19-34)10-13-35(20-29)18-22-5-2-4-21(14-22)15-27(31)28(32)25-16-23(7-8-26(25)30)24-6-3-11-33-17-24/h2-8,11,14-17,32H,9-10,12-13,18-20,30-31H2,1H3/b27-15-,32-28?. The normalized spacial score (nSPS) is 21.1. The molecule has 2 aliphatic heterocycles. The smallest absolute Gasteiger partial charge is 0.0862 e. The summed E-state index contributed by atoms with van der Waals surface area (Å²) in [5.41, 5.74) is 19.1. The van der Waals surface area contributed by atoms with E-state index in [1.807, 2.05) is 42.5 Å². The summed E-state index contributed by atoms with van der Waals surface area (Å²) in [5.74, 6) is 0. The van der Waals surface area contributed by atoms with Crippen LogP contribution < -0.4 is 11.5 Å². The second-order valence-electron chi connectivity index (χ2n) is 10.2. The number of benzene rings is 2. The second kappa shape index (κ2) is 9.64. The molecule has 3 aromatic rings. The number of nitrogens with one attached hydrogen (secondary N) is 1. The van der Waals surface area contributed by atoms with Crippen molar-refractivity contribution < 1.29 is 0 Å². The summed E-state index contributed by atoms with van der Waals surface area (Å²) < 4.78 is 0. The monoisotopic (exact) mass is 466 g/mol. The Labute approximate surface area is 207 Å². The third kappa shape index (κ3) is 5.14. The fraction of sp³-hybridized carbons (Fsp3) is 0.310. The average molecular weight is 467 g/mol. The predicted octanol–water partition coefficient (Wildman–Crippen LogP) is 4.23. The molecule has 35 heavy (non-hydrogen) atoms. The molecule has 2 aromatic carbocycles. The molecule has 0 aliphatic carbocycles. The molecule has 1 unspecified atom stereocenters. The summed E-state index contributed by atoms with van der Waals surface area (Å²) in [5, 5.41) is 8.73. The molecule has 5 N–H and O–H groups in total. The number of hydrogen-bond acceptors (Lipinski definition) is 6. The topological polar surface area (TPSA) is 95.3 Å². The number of nitrogens with two attached hydrogens (primary N) is 2. The first-order valence-electron chi connectivity index (χ1n) is 12.3. The molecule has 1 atom stereocenters. The number of allylic oxidation sites excluding steroid dienone is 1. The number of hydrogen-bond donors (Lipinski definition) is 3. The van der Waals surface area contributed by atoms with E-state index >= 15 is 0 Å². The SMILES string of the molecule is CN1CCC2(CCN(Cc3cccc(/C=C(\N)C(=N)c4cc(-c5cccnc5)ccc4N)c3)C2)C1. The van der Waals surface area contributed by atoms with Crippen LogP contribution in [-0.2, 0) is 6.54 Å². The molecule has 1 spiro atoms. The van der Waals surface area contributed by atoms with Gasteiger partial charge in [-0.25, -0.2) is 0 Å². The molecule has 1 aromatic heterocycles. The molecule has 0 saturated carbocycles. The summed E-state index contributed by atoms with van der Waals surface area (Å²) in [6, 6.07) is 18.0. The molecule has 6 nitrogen and oxygen atoms in total. The van der Waals surface area contributed by atoms with Gasteiger partial charge in [0.15, 0.2) is 0 Å². The van der Waals surface area contributed by atoms with Crippen molar-refractivity contribution in [3.05, 3.63) is 89.4 Å². The number of aromatic nitrogens is 1. The molecule has 5 rings (SSSR count). The Bertz CT molecular complexity index is 1250. The van der Waals surface area contributed by atoms with Crippen LogP contribution in [0.4, 0.5) is 5.69 Å². The largest absolute Gasteiger partial charge is 0.398 e. The van der Waals surface area contributed by atoms with Gasteiger partial charge in [0.2, 0.25) is 0 Å². The van der Waals surface area contributed by atoms with Gasteiger partial charge in [0.05, 0.1) is 11.4 Å². The van der Waals surface area contributed by atoms with Gasteiger partial charge in [0.25, 0.3) is 0 Å². The van der Waals surface area contributed by atoms with Crippen molar-refractivity contribution in [3.8, 4) is 11.1 Å². The summed E-state index contributed by atoms with van der Waals surface area (Å²) in [4.78, 5) is 9.24. The Morgan fingerprint density at radius 1 is 1.06 bits per heavy atom. The Kier molecular flexibility index (Phi) is 6.41. The van der Waals surface area contributed by atoms with Gasteiger partial charge in [-0.1, -0.05) is 36.4 Å². The van der Waals surface area contributed by atoms with Crippen molar-refractivity contribution in [2.75, 3.05) is 39.0 Å². The molecule has 2 aliphatic rings. The summed E-state index contributed by atoms with van der Waals surface area (Å²) in [6.07, 6.45) is 8.02. The van der Waals surface area contributed by atoms with E-state index in [9.17, 15) is 0 Å². The number of pyridine rings is 1. The summed E-state index contributed by atoms with van der Waals surface area (Å²) in [6.45, 7) is 5.72. The predicted molar refractivity (Wildman–Crippen MR) is 144 cm³/mol. The van der Waals surface area contributed by atoms with E-state index in [4.69, 9.17) is 16.9 Å². The van der Waals surface area contributed by atoms with Crippen LogP contribution in [0.15, 0.2) is 72.7 Å². The lowest BCUT2D eigenvalue weighted by molar-refractivity contribution is 0.250. The molecular weight excluding hydrogens is 432 g/mol. The summed E-state index contributed by atoms with van der Waals surface area (Å²) >= 11 is 0. The Hall–Kier alpha value is -3.48. The second-order valence-corrected chi connectivity index (χ2v) is 10.2. The summed E-state index contributed by atoms with van der Waals surface area (Å²) in [7, 11) is 2.23. The lowest BCUT2D eigenvalue weighted by Gasteiger charge is -2.24. The number of nitrogen functional groups attached to an aromatic ring is 1. The van der Waals surface area contributed by atoms with Crippen molar-refractivity contribution in [3.63, 3.8) is 0 Å². The van der Waals surface area contributed by atoms with Crippen LogP contribution in [0.3, 0.4) is 0 Å². The average Bonchev–Trinajstić information content (AvgIpc) is 3.43. The zero-order valence-corrected chi connectivity index (χ0v) is 20.4. The maximum atomic E-state index is 8.73. The molecule has 180 valence electrons. The van der Waals surface area contributed by atoms with Crippen LogP contribution in [0, 0.1) is 10.8 Å². The number of likely N-dealkylation sites (tertiary alicyclic amines) is 2. The zero-order chi connectivity index (χ0) is 24.4. The van der Waals surface area contributed by atoms with E-state index in [2.05, 4.69) is 40.0 Å². The van der Waals surface area contributed by atoms with E-state index in [0.717, 1.165) is 29.8 Å². The van der Waals surface area contributed by atoms with Crippen molar-refractivity contribution in [2.24, 2.45) is 11.1 Å². The highest BCUT2D eigenvalue weighted by Gasteiger charge is 2.42. The van der Waals surface area contributed by atoms with E-state index in [0.29, 0.717) is 22.4 Å². The van der Waals surface area contributed by atoms with Crippen LogP contribution in [0.1, 0.15) is 29.5 Å². The van der Waals surface area contributed by atoms with E-state index in [-0.39, 0.29) is 5.71 Å². The highest BCUT2D eigenvalue weighted by atomic mass is 15.2. The van der Waals surface area contributed by atoms with Crippen LogP contribution >= 0.6 is 0 Å². The molecule has 2 saturated heterocycles. The van der Waals surface area contributed by atoms with Crippen molar-refractivity contribution in [1.82, 2.24) is 14.8 Å². The molecule has 6 heteroatoms. The number of nitrogens with zero attached hydrogens (tertiary/aromatic N) is 3. The lowest BCUT2D eigenvalue weighted by atomic mass is 9.86. The van der Waals surface area contributed by atoms with Crippen molar-refractivity contribution in [2.45, 2.75) is 19.4 Å². The van der Waals surface area contributed by atoms with Crippen molar-refractivity contribution in [1.29, 1.82) is 5.41 Å². The third-order valence-electron chi connectivity index (χ3n) is 7.43. The van der Waals surface area contributed by atoms with Crippen LogP contribution in [-0.4, -0.2) is 53.7 Å². The van der Waals surface area contributed by atoms with Crippen LogP contribution in [0.5, 0.6) is 0 Å². The van der Waals surface area contributed by atoms with Gasteiger partial charge in [-0.05, 0) is 79.4 Å². The minimum absolute atomic E-state index is 0.227. The van der Waals surface area contributed by atoms with Gasteiger partial charge in [-0.15, -0.1) is 0 Å². The quantitative estimate of drug-likeness (QED) is 0.373. The fourth-order valence-corrected chi connectivity index (χ4v) is 5.59. The zero-order valence-electron chi connectivity index (χ0n) is 20.4. The molecule has 2 fully saturated rings. The molecule has 0 radical (unpaired) electrons. The van der Waals surface area contributed by atoms with Gasteiger partial charge < -0.3 is 16.4 Å². The van der Waals surface area contributed by atoms with Crippen LogP contribution in [0.2, 0.25) is 0 Å².